The van der Waals surface area contributed by atoms with Gasteiger partial charge in [0.1, 0.15) is 5.88 Å². The highest BCUT2D eigenvalue weighted by Gasteiger charge is 2.34. The first-order chi connectivity index (χ1) is 11.6. The molecule has 1 heterocycles. The van der Waals surface area contributed by atoms with Crippen molar-refractivity contribution in [1.82, 2.24) is 0 Å². The Labute approximate surface area is 144 Å². The zero-order valence-corrected chi connectivity index (χ0v) is 13.8. The number of carbonyl (C=O) groups is 2. The molecule has 0 aliphatic carbocycles. The Morgan fingerprint density at radius 3 is 2.58 bits per heavy atom. The van der Waals surface area contributed by atoms with Gasteiger partial charge in [0.15, 0.2) is 5.71 Å². The minimum Gasteiger partial charge on any atom is -0.316 e. The van der Waals surface area contributed by atoms with Crippen LogP contribution in [-0.2, 0) is 21.0 Å². The lowest BCUT2D eigenvalue weighted by Crippen LogP contribution is -2.29. The SMILES string of the molecule is Cc1ccc(CN2C(=O)C(=NOC(=O)CCl)c3ccccc32)cc1. The number of para-hydroxylation sites is 1. The lowest BCUT2D eigenvalue weighted by atomic mass is 10.1. The van der Waals surface area contributed by atoms with E-state index in [0.29, 0.717) is 12.1 Å². The molecule has 0 fully saturated rings. The van der Waals surface area contributed by atoms with Crippen LogP contribution in [0.1, 0.15) is 16.7 Å². The molecule has 24 heavy (non-hydrogen) atoms. The fraction of sp³-hybridized carbons (Fsp3) is 0.167. The first-order valence-corrected chi connectivity index (χ1v) is 7.94. The number of fused-ring (bicyclic) bond motifs is 1. The average Bonchev–Trinajstić information content (AvgIpc) is 2.86. The number of anilines is 1. The fourth-order valence-electron chi connectivity index (χ4n) is 2.50. The first kappa shape index (κ1) is 16.2. The summed E-state index contributed by atoms with van der Waals surface area (Å²) < 4.78 is 0. The summed E-state index contributed by atoms with van der Waals surface area (Å²) in [5.41, 5.74) is 3.64. The van der Waals surface area contributed by atoms with Crippen molar-refractivity contribution < 1.29 is 14.4 Å². The molecule has 0 atom stereocenters. The van der Waals surface area contributed by atoms with Gasteiger partial charge < -0.3 is 9.74 Å². The van der Waals surface area contributed by atoms with Gasteiger partial charge in [0.05, 0.1) is 12.2 Å². The molecule has 0 N–H and O–H groups in total. The predicted molar refractivity (Wildman–Crippen MR) is 92.2 cm³/mol. The van der Waals surface area contributed by atoms with Crippen molar-refractivity contribution in [3.63, 3.8) is 0 Å². The molecule has 1 aliphatic heterocycles. The second-order valence-corrected chi connectivity index (χ2v) is 5.70. The van der Waals surface area contributed by atoms with Crippen LogP contribution in [0.2, 0.25) is 0 Å². The molecule has 1 aliphatic rings. The molecule has 5 nitrogen and oxygen atoms in total. The molecule has 0 spiro atoms. The van der Waals surface area contributed by atoms with Crippen LogP contribution in [0.5, 0.6) is 0 Å². The lowest BCUT2D eigenvalue weighted by Gasteiger charge is -2.16. The van der Waals surface area contributed by atoms with Crippen LogP contribution in [0.3, 0.4) is 0 Å². The molecule has 1 amide bonds. The Balaban J connectivity index is 1.92. The third-order valence-corrected chi connectivity index (χ3v) is 3.93. The quantitative estimate of drug-likeness (QED) is 0.487. The highest BCUT2D eigenvalue weighted by atomic mass is 35.5. The number of rotatable bonds is 4. The molecule has 0 aromatic heterocycles. The maximum absolute atomic E-state index is 12.7. The summed E-state index contributed by atoms with van der Waals surface area (Å²) in [5.74, 6) is -1.33. The highest BCUT2D eigenvalue weighted by molar-refractivity contribution is 6.54. The van der Waals surface area contributed by atoms with Crippen molar-refractivity contribution >= 4 is 34.9 Å². The number of hydrogen-bond donors (Lipinski definition) is 0. The van der Waals surface area contributed by atoms with Gasteiger partial charge in [-0.05, 0) is 18.6 Å². The van der Waals surface area contributed by atoms with Gasteiger partial charge in [0, 0.05) is 5.56 Å². The van der Waals surface area contributed by atoms with Gasteiger partial charge in [-0.2, -0.15) is 0 Å². The zero-order valence-electron chi connectivity index (χ0n) is 13.0. The Hall–Kier alpha value is -2.66. The van der Waals surface area contributed by atoms with Crippen LogP contribution in [-0.4, -0.2) is 23.5 Å². The number of benzene rings is 2. The molecule has 3 rings (SSSR count). The van der Waals surface area contributed by atoms with E-state index in [-0.39, 0.29) is 17.5 Å². The number of carbonyl (C=O) groups excluding carboxylic acids is 2. The fourth-order valence-corrected chi connectivity index (χ4v) is 2.55. The Bertz CT molecular complexity index is 815. The van der Waals surface area contributed by atoms with Gasteiger partial charge in [0.25, 0.3) is 5.91 Å². The summed E-state index contributed by atoms with van der Waals surface area (Å²) >= 11 is 5.38. The maximum atomic E-state index is 12.7. The molecule has 0 saturated carbocycles. The minimum atomic E-state index is -0.702. The number of hydrogen-bond acceptors (Lipinski definition) is 4. The van der Waals surface area contributed by atoms with E-state index in [9.17, 15) is 9.59 Å². The van der Waals surface area contributed by atoms with Crippen molar-refractivity contribution in [3.8, 4) is 0 Å². The van der Waals surface area contributed by atoms with Crippen molar-refractivity contribution in [1.29, 1.82) is 0 Å². The van der Waals surface area contributed by atoms with Gasteiger partial charge in [0.2, 0.25) is 0 Å². The van der Waals surface area contributed by atoms with Crippen LogP contribution < -0.4 is 4.90 Å². The lowest BCUT2D eigenvalue weighted by molar-refractivity contribution is -0.140. The molecule has 0 saturated heterocycles. The smallest absolute Gasteiger partial charge is 0.316 e. The average molecular weight is 343 g/mol. The number of nitrogens with zero attached hydrogens (tertiary/aromatic N) is 2. The molecular weight excluding hydrogens is 328 g/mol. The van der Waals surface area contributed by atoms with Gasteiger partial charge in [-0.1, -0.05) is 53.2 Å². The molecular formula is C18H15ClN2O3. The summed E-state index contributed by atoms with van der Waals surface area (Å²) in [5, 5.41) is 3.71. The third-order valence-electron chi connectivity index (χ3n) is 3.71. The topological polar surface area (TPSA) is 59.0 Å². The number of aryl methyl sites for hydroxylation is 1. The normalized spacial score (nSPS) is 14.8. The number of alkyl halides is 1. The molecule has 0 radical (unpaired) electrons. The van der Waals surface area contributed by atoms with Gasteiger partial charge in [-0.25, -0.2) is 4.79 Å². The van der Waals surface area contributed by atoms with E-state index in [4.69, 9.17) is 11.6 Å². The van der Waals surface area contributed by atoms with Gasteiger partial charge in [-0.3, -0.25) is 4.79 Å². The highest BCUT2D eigenvalue weighted by Crippen LogP contribution is 2.30. The van der Waals surface area contributed by atoms with E-state index in [2.05, 4.69) is 9.99 Å². The summed E-state index contributed by atoms with van der Waals surface area (Å²) in [6.45, 7) is 2.43. The van der Waals surface area contributed by atoms with Crippen molar-refractivity contribution in [2.75, 3.05) is 10.8 Å². The van der Waals surface area contributed by atoms with Crippen LogP contribution in [0.15, 0.2) is 53.7 Å². The predicted octanol–water partition coefficient (Wildman–Crippen LogP) is 3.03. The third kappa shape index (κ3) is 3.16. The summed E-state index contributed by atoms with van der Waals surface area (Å²) in [6, 6.07) is 15.2. The van der Waals surface area contributed by atoms with E-state index in [0.717, 1.165) is 16.8 Å². The van der Waals surface area contributed by atoms with Crippen LogP contribution in [0, 0.1) is 6.92 Å². The van der Waals surface area contributed by atoms with E-state index in [1.165, 1.54) is 0 Å². The van der Waals surface area contributed by atoms with Crippen molar-refractivity contribution in [2.45, 2.75) is 13.5 Å². The van der Waals surface area contributed by atoms with Crippen LogP contribution >= 0.6 is 11.6 Å². The molecule has 122 valence electrons. The Kier molecular flexibility index (Phi) is 4.62. The number of oxime groups is 1. The number of halogens is 1. The zero-order chi connectivity index (χ0) is 17.1. The van der Waals surface area contributed by atoms with Crippen molar-refractivity contribution in [2.24, 2.45) is 5.16 Å². The van der Waals surface area contributed by atoms with E-state index >= 15 is 0 Å². The summed E-state index contributed by atoms with van der Waals surface area (Å²) in [7, 11) is 0. The van der Waals surface area contributed by atoms with E-state index in [1.807, 2.05) is 43.3 Å². The molecule has 6 heteroatoms. The molecule has 0 bridgehead atoms. The van der Waals surface area contributed by atoms with Crippen LogP contribution in [0.25, 0.3) is 0 Å². The summed E-state index contributed by atoms with van der Waals surface area (Å²) in [6.07, 6.45) is 0. The second kappa shape index (κ2) is 6.84. The molecule has 2 aromatic carbocycles. The maximum Gasteiger partial charge on any atom is 0.349 e. The Morgan fingerprint density at radius 1 is 1.17 bits per heavy atom. The van der Waals surface area contributed by atoms with Gasteiger partial charge >= 0.3 is 5.97 Å². The van der Waals surface area contributed by atoms with Gasteiger partial charge in [-0.15, -0.1) is 11.6 Å². The Morgan fingerprint density at radius 2 is 1.88 bits per heavy atom. The summed E-state index contributed by atoms with van der Waals surface area (Å²) in [4.78, 5) is 30.2. The standard InChI is InChI=1S/C18H15ClN2O3/c1-12-6-8-13(9-7-12)11-21-15-5-3-2-4-14(15)17(18(21)23)20-24-16(22)10-19/h2-9H,10-11H2,1H3. The first-order valence-electron chi connectivity index (χ1n) is 7.41. The molecule has 2 aromatic rings. The largest absolute Gasteiger partial charge is 0.349 e. The second-order valence-electron chi connectivity index (χ2n) is 5.43. The van der Waals surface area contributed by atoms with Crippen LogP contribution in [0.4, 0.5) is 5.69 Å². The molecule has 0 unspecified atom stereocenters. The van der Waals surface area contributed by atoms with E-state index < -0.39 is 5.97 Å². The van der Waals surface area contributed by atoms with E-state index in [1.54, 1.807) is 17.0 Å². The monoisotopic (exact) mass is 342 g/mol. The van der Waals surface area contributed by atoms with Crippen molar-refractivity contribution in [3.05, 3.63) is 65.2 Å². The minimum absolute atomic E-state index is 0.108. The number of amides is 1.